The Morgan fingerprint density at radius 3 is 2.53 bits per heavy atom. The van der Waals surface area contributed by atoms with Crippen molar-refractivity contribution in [1.82, 2.24) is 29.7 Å². The summed E-state index contributed by atoms with van der Waals surface area (Å²) in [5, 5.41) is 4.11. The minimum atomic E-state index is 0.0780. The molecule has 1 fully saturated rings. The molecule has 9 nitrogen and oxygen atoms in total. The number of hydrogen-bond acceptors (Lipinski definition) is 8. The highest BCUT2D eigenvalue weighted by molar-refractivity contribution is 7.21. The molecule has 0 bridgehead atoms. The molecule has 4 heterocycles. The first-order valence-corrected chi connectivity index (χ1v) is 12.7. The van der Waals surface area contributed by atoms with Gasteiger partial charge in [-0.1, -0.05) is 29.5 Å². The average Bonchev–Trinajstić information content (AvgIpc) is 3.30. The molecule has 1 N–H and O–H groups in total. The van der Waals surface area contributed by atoms with E-state index in [9.17, 15) is 4.79 Å². The van der Waals surface area contributed by atoms with E-state index in [1.54, 1.807) is 19.0 Å². The van der Waals surface area contributed by atoms with E-state index < -0.39 is 0 Å². The Hall–Kier alpha value is -3.76. The molecule has 186 valence electrons. The van der Waals surface area contributed by atoms with Crippen LogP contribution in [-0.4, -0.2) is 83.0 Å². The van der Waals surface area contributed by atoms with Crippen LogP contribution in [0, 0.1) is 0 Å². The van der Waals surface area contributed by atoms with Crippen LogP contribution in [0.5, 0.6) is 0 Å². The number of pyridine rings is 2. The molecule has 0 spiro atoms. The van der Waals surface area contributed by atoms with Crippen LogP contribution >= 0.6 is 11.3 Å². The second-order valence-electron chi connectivity index (χ2n) is 9.02. The normalized spacial score (nSPS) is 14.1. The first-order valence-electron chi connectivity index (χ1n) is 11.9. The molecule has 1 aliphatic rings. The Morgan fingerprint density at radius 2 is 1.78 bits per heavy atom. The highest BCUT2D eigenvalue weighted by atomic mass is 32.1. The molecule has 1 aromatic carbocycles. The van der Waals surface area contributed by atoms with Crippen molar-refractivity contribution in [3.63, 3.8) is 0 Å². The van der Waals surface area contributed by atoms with E-state index in [0.29, 0.717) is 0 Å². The molecule has 4 aromatic rings. The quantitative estimate of drug-likeness (QED) is 0.419. The van der Waals surface area contributed by atoms with E-state index in [1.165, 1.54) is 16.9 Å². The molecule has 0 radical (unpaired) electrons. The standard InChI is InChI=1S/C26H30N8OS/c1-31(2)26(35)34-15-13-33(14-16-34)18-19-11-12-27-22(17-19)29-25-28-21-9-10-23(30-24(21)36-25)32(3)20-7-5-4-6-8-20/h4-12,17H,13-16,18H2,1-3H3,(H,27,28,29). The fraction of sp³-hybridized carbons (Fsp3) is 0.308. The van der Waals surface area contributed by atoms with Crippen molar-refractivity contribution < 1.29 is 4.79 Å². The monoisotopic (exact) mass is 502 g/mol. The predicted octanol–water partition coefficient (Wildman–Crippen LogP) is 4.40. The number of carbonyl (C=O) groups excluding carboxylic acids is 1. The van der Waals surface area contributed by atoms with E-state index in [1.807, 2.05) is 54.5 Å². The van der Waals surface area contributed by atoms with Gasteiger partial charge in [-0.15, -0.1) is 0 Å². The maximum Gasteiger partial charge on any atom is 0.319 e. The van der Waals surface area contributed by atoms with Crippen LogP contribution < -0.4 is 10.2 Å². The third-order valence-electron chi connectivity index (χ3n) is 6.22. The summed E-state index contributed by atoms with van der Waals surface area (Å²) >= 11 is 1.51. The maximum atomic E-state index is 12.2. The van der Waals surface area contributed by atoms with Crippen molar-refractivity contribution in [3.8, 4) is 0 Å². The first-order chi connectivity index (χ1) is 17.5. The van der Waals surface area contributed by atoms with Crippen molar-refractivity contribution in [2.75, 3.05) is 57.5 Å². The van der Waals surface area contributed by atoms with Gasteiger partial charge < -0.3 is 20.0 Å². The molecule has 0 unspecified atom stereocenters. The molecule has 1 aliphatic heterocycles. The van der Waals surface area contributed by atoms with Gasteiger partial charge >= 0.3 is 6.03 Å². The van der Waals surface area contributed by atoms with Crippen LogP contribution in [0.3, 0.4) is 0 Å². The molecule has 2 amide bonds. The first kappa shape index (κ1) is 24.0. The molecule has 36 heavy (non-hydrogen) atoms. The minimum absolute atomic E-state index is 0.0780. The van der Waals surface area contributed by atoms with Gasteiger partial charge in [0.15, 0.2) is 5.13 Å². The molecule has 3 aromatic heterocycles. The lowest BCUT2D eigenvalue weighted by molar-refractivity contribution is 0.120. The summed E-state index contributed by atoms with van der Waals surface area (Å²) in [6.45, 7) is 4.01. The number of thiazole rings is 1. The van der Waals surface area contributed by atoms with Gasteiger partial charge in [0.25, 0.3) is 0 Å². The molecule has 0 saturated carbocycles. The minimum Gasteiger partial charge on any atom is -0.331 e. The van der Waals surface area contributed by atoms with E-state index in [0.717, 1.165) is 65.5 Å². The SMILES string of the molecule is CN(C)C(=O)N1CCN(Cc2ccnc(Nc3nc4ccc(N(C)c5ccccc5)nc4s3)c2)CC1. The van der Waals surface area contributed by atoms with Gasteiger partial charge in [0.05, 0.1) is 0 Å². The van der Waals surface area contributed by atoms with Crippen LogP contribution in [0.1, 0.15) is 5.56 Å². The van der Waals surface area contributed by atoms with Crippen LogP contribution in [0.2, 0.25) is 0 Å². The van der Waals surface area contributed by atoms with Gasteiger partial charge in [-0.3, -0.25) is 4.90 Å². The highest BCUT2D eigenvalue weighted by Gasteiger charge is 2.22. The second kappa shape index (κ2) is 10.5. The molecular formula is C26H30N8OS. The number of nitrogens with one attached hydrogen (secondary N) is 1. The van der Waals surface area contributed by atoms with Crippen molar-refractivity contribution in [2.24, 2.45) is 0 Å². The maximum absolute atomic E-state index is 12.2. The van der Waals surface area contributed by atoms with Gasteiger partial charge in [0.2, 0.25) is 0 Å². The van der Waals surface area contributed by atoms with E-state index >= 15 is 0 Å². The Kier molecular flexibility index (Phi) is 6.97. The van der Waals surface area contributed by atoms with Gasteiger partial charge in [-0.2, -0.15) is 0 Å². The molecule has 0 atom stereocenters. The Morgan fingerprint density at radius 1 is 1.00 bits per heavy atom. The second-order valence-corrected chi connectivity index (χ2v) is 10.00. The number of amides is 2. The number of rotatable bonds is 6. The zero-order chi connectivity index (χ0) is 25.1. The van der Waals surface area contributed by atoms with Gasteiger partial charge in [0, 0.05) is 65.8 Å². The van der Waals surface area contributed by atoms with Crippen molar-refractivity contribution in [1.29, 1.82) is 0 Å². The number of hydrogen-bond donors (Lipinski definition) is 1. The zero-order valence-corrected chi connectivity index (χ0v) is 21.6. The van der Waals surface area contributed by atoms with Crippen LogP contribution in [0.4, 0.5) is 27.2 Å². The van der Waals surface area contributed by atoms with Crippen molar-refractivity contribution in [3.05, 3.63) is 66.4 Å². The number of nitrogens with zero attached hydrogens (tertiary/aromatic N) is 7. The summed E-state index contributed by atoms with van der Waals surface area (Å²) in [6, 6.07) is 18.3. The molecular weight excluding hydrogens is 472 g/mol. The lowest BCUT2D eigenvalue weighted by Gasteiger charge is -2.35. The Balaban J connectivity index is 1.23. The van der Waals surface area contributed by atoms with E-state index in [2.05, 4.69) is 38.3 Å². The number of urea groups is 1. The lowest BCUT2D eigenvalue weighted by atomic mass is 10.2. The summed E-state index contributed by atoms with van der Waals surface area (Å²) in [5.41, 5.74) is 3.11. The number of anilines is 4. The van der Waals surface area contributed by atoms with Gasteiger partial charge in [-0.25, -0.2) is 19.7 Å². The lowest BCUT2D eigenvalue weighted by Crippen LogP contribution is -2.51. The highest BCUT2D eigenvalue weighted by Crippen LogP contribution is 2.30. The number of fused-ring (bicyclic) bond motifs is 1. The summed E-state index contributed by atoms with van der Waals surface area (Å²) in [6.07, 6.45) is 1.82. The molecule has 1 saturated heterocycles. The summed E-state index contributed by atoms with van der Waals surface area (Å²) in [4.78, 5) is 35.0. The Bertz CT molecular complexity index is 1330. The Labute approximate surface area is 215 Å². The average molecular weight is 503 g/mol. The topological polar surface area (TPSA) is 80.7 Å². The fourth-order valence-electron chi connectivity index (χ4n) is 4.22. The molecule has 0 aliphatic carbocycles. The number of aromatic nitrogens is 3. The summed E-state index contributed by atoms with van der Waals surface area (Å²) in [5.74, 6) is 1.63. The third kappa shape index (κ3) is 5.39. The predicted molar refractivity (Wildman–Crippen MR) is 145 cm³/mol. The van der Waals surface area contributed by atoms with Crippen LogP contribution in [0.25, 0.3) is 10.3 Å². The molecule has 5 rings (SSSR count). The number of piperazine rings is 1. The largest absolute Gasteiger partial charge is 0.331 e. The number of benzene rings is 1. The summed E-state index contributed by atoms with van der Waals surface area (Å²) < 4.78 is 0. The van der Waals surface area contributed by atoms with Crippen LogP contribution in [-0.2, 0) is 6.54 Å². The smallest absolute Gasteiger partial charge is 0.319 e. The number of carbonyl (C=O) groups is 1. The molecule has 10 heteroatoms. The van der Waals surface area contributed by atoms with Crippen LogP contribution in [0.15, 0.2) is 60.8 Å². The number of para-hydroxylation sites is 1. The van der Waals surface area contributed by atoms with E-state index in [-0.39, 0.29) is 6.03 Å². The van der Waals surface area contributed by atoms with Crippen molar-refractivity contribution in [2.45, 2.75) is 6.54 Å². The summed E-state index contributed by atoms with van der Waals surface area (Å²) in [7, 11) is 5.60. The zero-order valence-electron chi connectivity index (χ0n) is 20.8. The van der Waals surface area contributed by atoms with E-state index in [4.69, 9.17) is 9.97 Å². The van der Waals surface area contributed by atoms with Gasteiger partial charge in [0.1, 0.15) is 22.0 Å². The van der Waals surface area contributed by atoms with Crippen molar-refractivity contribution >= 4 is 50.2 Å². The van der Waals surface area contributed by atoms with Gasteiger partial charge in [-0.05, 0) is 42.0 Å². The fourth-order valence-corrected chi connectivity index (χ4v) is 5.06. The third-order valence-corrected chi connectivity index (χ3v) is 7.10.